The van der Waals surface area contributed by atoms with Gasteiger partial charge in [0, 0.05) is 20.8 Å². The third kappa shape index (κ3) is 13.7. The molecule has 0 aromatic rings. The lowest BCUT2D eigenvalue weighted by molar-refractivity contribution is -0.386. The molecule has 30 atom stereocenters. The molecule has 19 N–H and O–H groups in total. The second-order valence-electron chi connectivity index (χ2n) is 19.3. The first-order valence-electron chi connectivity index (χ1n) is 24.4. The van der Waals surface area contributed by atoms with Crippen LogP contribution in [0.4, 0.5) is 0 Å². The first-order chi connectivity index (χ1) is 35.9. The summed E-state index contributed by atoms with van der Waals surface area (Å²) in [6.45, 7) is -0.745. The van der Waals surface area contributed by atoms with Gasteiger partial charge < -0.3 is 150 Å². The Labute approximate surface area is 432 Å². The van der Waals surface area contributed by atoms with E-state index in [1.54, 1.807) is 0 Å². The molecule has 6 aliphatic heterocycles. The summed E-state index contributed by atoms with van der Waals surface area (Å²) in [5.41, 5.74) is 0. The van der Waals surface area contributed by atoms with Crippen LogP contribution in [0.1, 0.15) is 27.7 Å². The predicted molar refractivity (Wildman–Crippen MR) is 237 cm³/mol. The molecule has 0 aromatic carbocycles. The molecule has 6 saturated heterocycles. The number of aliphatic hydroxyl groups excluding tert-OH is 16. The Morgan fingerprint density at radius 1 is 0.355 bits per heavy atom. The summed E-state index contributed by atoms with van der Waals surface area (Å²) >= 11 is 0. The molecule has 0 spiro atoms. The normalized spacial score (nSPS) is 48.2. The Bertz CT molecular complexity index is 1870. The molecule has 3 amide bonds. The van der Waals surface area contributed by atoms with Crippen LogP contribution in [0.2, 0.25) is 0 Å². The first kappa shape index (κ1) is 62.5. The van der Waals surface area contributed by atoms with E-state index in [4.69, 9.17) is 52.1 Å². The highest BCUT2D eigenvalue weighted by molar-refractivity contribution is 5.74. The van der Waals surface area contributed by atoms with Crippen LogP contribution in [0.15, 0.2) is 0 Å². The molecule has 76 heavy (non-hydrogen) atoms. The summed E-state index contributed by atoms with van der Waals surface area (Å²) in [6, 6.07) is -4.41. The van der Waals surface area contributed by atoms with Gasteiger partial charge in [-0.05, 0) is 6.92 Å². The number of hydrogen-bond donors (Lipinski definition) is 19. The largest absolute Gasteiger partial charge is 0.394 e. The number of carbonyl (C=O) groups is 3. The lowest BCUT2D eigenvalue weighted by Crippen LogP contribution is -2.70. The third-order valence-electron chi connectivity index (χ3n) is 13.9. The van der Waals surface area contributed by atoms with Crippen LogP contribution in [-0.4, -0.2) is 323 Å². The van der Waals surface area contributed by atoms with Crippen molar-refractivity contribution < 1.29 is 148 Å². The fraction of sp³-hybridized carbons (Fsp3) is 0.930. The molecule has 33 nitrogen and oxygen atoms in total. The van der Waals surface area contributed by atoms with E-state index in [0.29, 0.717) is 0 Å². The minimum absolute atomic E-state index is 0.561. The highest BCUT2D eigenvalue weighted by atomic mass is 16.8. The van der Waals surface area contributed by atoms with Crippen LogP contribution in [0.25, 0.3) is 0 Å². The van der Waals surface area contributed by atoms with Gasteiger partial charge in [-0.25, -0.2) is 0 Å². The van der Waals surface area contributed by atoms with Crippen molar-refractivity contribution in [3.05, 3.63) is 0 Å². The lowest BCUT2D eigenvalue weighted by atomic mass is 9.92. The van der Waals surface area contributed by atoms with Crippen molar-refractivity contribution in [3.63, 3.8) is 0 Å². The smallest absolute Gasteiger partial charge is 0.217 e. The minimum atomic E-state index is -2.26. The van der Waals surface area contributed by atoms with Crippen molar-refractivity contribution in [1.82, 2.24) is 16.0 Å². The van der Waals surface area contributed by atoms with Crippen molar-refractivity contribution in [2.75, 3.05) is 39.6 Å². The minimum Gasteiger partial charge on any atom is -0.394 e. The number of nitrogens with one attached hydrogen (secondary N) is 3. The van der Waals surface area contributed by atoms with Gasteiger partial charge in [0.2, 0.25) is 17.7 Å². The second kappa shape index (κ2) is 27.2. The van der Waals surface area contributed by atoms with E-state index >= 15 is 0 Å². The van der Waals surface area contributed by atoms with Crippen LogP contribution in [0, 0.1) is 0 Å². The van der Waals surface area contributed by atoms with Crippen LogP contribution in [0.3, 0.4) is 0 Å². The monoisotopic (exact) mass is 1110 g/mol. The van der Waals surface area contributed by atoms with E-state index in [1.165, 1.54) is 13.8 Å². The molecular weight excluding hydrogens is 1040 g/mol. The standard InChI is InChI=1S/C43H73N3O30/c1-11-21(44-12(2)52)29(60)35(18(8-50)67-11)73-40-23(46-14(4)54)30(61)36(19(9-51)71-40)74-42-34(65)37(75-41-33(64)31(62)25(56)16(6-48)69-41)27(58)20(72-42)10-66-43-38(32(63)26(57)17(7-49)70-43)76-39-22(45-13(3)53)28(59)24(55)15(5-47)68-39/h11,15-43,47-51,55-65H,5-10H2,1-4H3,(H,44,52)(H,45,53)(H,46,54)/t11-,15+,16+,17?,18?,19?,20?,21?,22?,23?,24+,25-,26-,27-,28?,29+,30+,31?,32-,33?,34?,35-,36-,37-,38?,39+,40-,41-,42-,43+/m0/s1. The van der Waals surface area contributed by atoms with Gasteiger partial charge in [0.05, 0.1) is 51.8 Å². The maximum atomic E-state index is 12.6. The molecule has 0 radical (unpaired) electrons. The van der Waals surface area contributed by atoms with Crippen LogP contribution in [-0.2, 0) is 66.5 Å². The SMILES string of the molecule is CC(=O)NC1C(O)[C@H](O)[C@@H](CO)O[C@@H]1OC1[C@H](OCC2O[C@@H](O[C@H]3C(CO)O[C@@H](O[C@H]4C(CO)O[C@@H](C)C(NC(C)=O)[C@H]4O)C(NC(C)=O)[C@H]3O)C(O)[C@@H](O[C@@H]3O[C@H](CO)[C@H](O)C(O)C3O)[C@H]2O)OC(CO)[C@H](O)[C@@H]1O. The van der Waals surface area contributed by atoms with Crippen LogP contribution < -0.4 is 16.0 Å². The van der Waals surface area contributed by atoms with Crippen LogP contribution >= 0.6 is 0 Å². The number of hydrogen-bond acceptors (Lipinski definition) is 30. The fourth-order valence-electron chi connectivity index (χ4n) is 9.86. The van der Waals surface area contributed by atoms with Crippen molar-refractivity contribution in [2.45, 2.75) is 212 Å². The predicted octanol–water partition coefficient (Wildman–Crippen LogP) is -12.6. The summed E-state index contributed by atoms with van der Waals surface area (Å²) in [6.07, 6.45) is -49.5. The maximum absolute atomic E-state index is 12.6. The van der Waals surface area contributed by atoms with Gasteiger partial charge >= 0.3 is 0 Å². The van der Waals surface area contributed by atoms with E-state index in [1.807, 2.05) is 0 Å². The molecule has 33 heteroatoms. The van der Waals surface area contributed by atoms with Crippen LogP contribution in [0.5, 0.6) is 0 Å². The average molecular weight is 1110 g/mol. The Balaban J connectivity index is 1.30. The van der Waals surface area contributed by atoms with Gasteiger partial charge in [-0.3, -0.25) is 14.4 Å². The number of carbonyl (C=O) groups excluding carboxylic acids is 3. The Hall–Kier alpha value is -2.67. The van der Waals surface area contributed by atoms with E-state index in [9.17, 15) is 96.1 Å². The topological polar surface area (TPSA) is 513 Å². The highest BCUT2D eigenvalue weighted by Crippen LogP contribution is 2.36. The van der Waals surface area contributed by atoms with Gasteiger partial charge in [-0.1, -0.05) is 0 Å². The molecule has 12 unspecified atom stereocenters. The van der Waals surface area contributed by atoms with E-state index in [-0.39, 0.29) is 0 Å². The Kier molecular flexibility index (Phi) is 22.4. The van der Waals surface area contributed by atoms with Gasteiger partial charge in [0.1, 0.15) is 140 Å². The summed E-state index contributed by atoms with van der Waals surface area (Å²) in [4.78, 5) is 36.8. The van der Waals surface area contributed by atoms with Crippen molar-refractivity contribution in [2.24, 2.45) is 0 Å². The van der Waals surface area contributed by atoms with Gasteiger partial charge in [0.15, 0.2) is 31.5 Å². The van der Waals surface area contributed by atoms with Crippen molar-refractivity contribution in [1.29, 1.82) is 0 Å². The summed E-state index contributed by atoms with van der Waals surface area (Å²) in [5, 5.41) is 181. The van der Waals surface area contributed by atoms with Crippen molar-refractivity contribution >= 4 is 17.7 Å². The molecular formula is C43H73N3O30. The van der Waals surface area contributed by atoms with Crippen molar-refractivity contribution in [3.8, 4) is 0 Å². The molecule has 6 heterocycles. The van der Waals surface area contributed by atoms with E-state index in [0.717, 1.165) is 13.8 Å². The number of ether oxygens (including phenoxy) is 11. The lowest BCUT2D eigenvalue weighted by Gasteiger charge is -2.50. The van der Waals surface area contributed by atoms with Gasteiger partial charge in [-0.2, -0.15) is 0 Å². The quantitative estimate of drug-likeness (QED) is 0.0571. The maximum Gasteiger partial charge on any atom is 0.217 e. The molecule has 0 saturated carbocycles. The zero-order valence-corrected chi connectivity index (χ0v) is 41.4. The summed E-state index contributed by atoms with van der Waals surface area (Å²) < 4.78 is 64.4. The fourth-order valence-corrected chi connectivity index (χ4v) is 9.86. The summed E-state index contributed by atoms with van der Waals surface area (Å²) in [5.74, 6) is -2.12. The third-order valence-corrected chi connectivity index (χ3v) is 13.9. The zero-order chi connectivity index (χ0) is 56.2. The molecule has 0 bridgehead atoms. The van der Waals surface area contributed by atoms with Gasteiger partial charge in [-0.15, -0.1) is 0 Å². The Morgan fingerprint density at radius 2 is 0.724 bits per heavy atom. The second-order valence-corrected chi connectivity index (χ2v) is 19.3. The Morgan fingerprint density at radius 3 is 1.25 bits per heavy atom. The van der Waals surface area contributed by atoms with Gasteiger partial charge in [0.25, 0.3) is 0 Å². The number of amides is 3. The molecule has 6 fully saturated rings. The molecule has 6 aliphatic rings. The average Bonchev–Trinajstić information content (AvgIpc) is 3.37. The highest BCUT2D eigenvalue weighted by Gasteiger charge is 2.57. The zero-order valence-electron chi connectivity index (χ0n) is 41.4. The molecule has 0 aliphatic carbocycles. The summed E-state index contributed by atoms with van der Waals surface area (Å²) in [7, 11) is 0. The molecule has 6 rings (SSSR count). The number of aliphatic hydroxyl groups is 16. The first-order valence-corrected chi connectivity index (χ1v) is 24.4. The van der Waals surface area contributed by atoms with E-state index in [2.05, 4.69) is 16.0 Å². The number of rotatable bonds is 19. The van der Waals surface area contributed by atoms with E-state index < -0.39 is 241 Å². The molecule has 440 valence electrons. The molecule has 0 aromatic heterocycles.